The Morgan fingerprint density at radius 3 is 2.59 bits per heavy atom. The van der Waals surface area contributed by atoms with E-state index in [0.717, 1.165) is 24.2 Å². The number of rotatable bonds is 3. The monoisotopic (exact) mass is 231 g/mol. The molecule has 2 atom stereocenters. The topological polar surface area (TPSA) is 57.6 Å². The van der Waals surface area contributed by atoms with E-state index in [4.69, 9.17) is 5.11 Å². The Labute approximate surface area is 98.9 Å². The number of piperidine rings is 1. The SMILES string of the molecule is O=C(O)Cc1ccc(N2CC3CC3C2=O)cc1. The van der Waals surface area contributed by atoms with Crippen molar-refractivity contribution in [2.45, 2.75) is 12.8 Å². The number of nitrogens with zero attached hydrogens (tertiary/aromatic N) is 1. The fourth-order valence-corrected chi connectivity index (χ4v) is 2.48. The molecule has 1 amide bonds. The first-order valence-electron chi connectivity index (χ1n) is 5.77. The molecule has 1 aromatic carbocycles. The molecule has 0 radical (unpaired) electrons. The number of amides is 1. The van der Waals surface area contributed by atoms with Gasteiger partial charge in [-0.25, -0.2) is 0 Å². The van der Waals surface area contributed by atoms with Gasteiger partial charge in [-0.2, -0.15) is 0 Å². The van der Waals surface area contributed by atoms with Crippen LogP contribution in [0.3, 0.4) is 0 Å². The lowest BCUT2D eigenvalue weighted by Gasteiger charge is -2.18. The lowest BCUT2D eigenvalue weighted by atomic mass is 10.1. The van der Waals surface area contributed by atoms with Crippen LogP contribution < -0.4 is 4.90 Å². The predicted octanol–water partition coefficient (Wildman–Crippen LogP) is 1.30. The molecule has 1 aliphatic heterocycles. The van der Waals surface area contributed by atoms with Gasteiger partial charge in [0.05, 0.1) is 6.42 Å². The highest BCUT2D eigenvalue weighted by Crippen LogP contribution is 2.47. The van der Waals surface area contributed by atoms with Crippen LogP contribution >= 0.6 is 0 Å². The molecule has 2 fully saturated rings. The van der Waals surface area contributed by atoms with Gasteiger partial charge >= 0.3 is 5.97 Å². The van der Waals surface area contributed by atoms with Crippen molar-refractivity contribution in [1.82, 2.24) is 0 Å². The molecule has 17 heavy (non-hydrogen) atoms. The smallest absolute Gasteiger partial charge is 0.307 e. The molecule has 88 valence electrons. The summed E-state index contributed by atoms with van der Waals surface area (Å²) in [7, 11) is 0. The normalized spacial score (nSPS) is 25.9. The lowest BCUT2D eigenvalue weighted by molar-refractivity contribution is -0.136. The molecule has 2 unspecified atom stereocenters. The van der Waals surface area contributed by atoms with Crippen LogP contribution in [-0.2, 0) is 16.0 Å². The van der Waals surface area contributed by atoms with E-state index in [1.165, 1.54) is 0 Å². The molecule has 0 bridgehead atoms. The van der Waals surface area contributed by atoms with Gasteiger partial charge in [0, 0.05) is 18.2 Å². The van der Waals surface area contributed by atoms with Crippen LogP contribution in [0.1, 0.15) is 12.0 Å². The lowest BCUT2D eigenvalue weighted by Crippen LogP contribution is -2.27. The third kappa shape index (κ3) is 1.79. The molecule has 1 aliphatic carbocycles. The number of carbonyl (C=O) groups is 2. The van der Waals surface area contributed by atoms with Crippen LogP contribution in [0, 0.1) is 11.8 Å². The largest absolute Gasteiger partial charge is 0.481 e. The van der Waals surface area contributed by atoms with Crippen molar-refractivity contribution < 1.29 is 14.7 Å². The second-order valence-corrected chi connectivity index (χ2v) is 4.79. The highest BCUT2D eigenvalue weighted by atomic mass is 16.4. The maximum Gasteiger partial charge on any atom is 0.307 e. The third-order valence-electron chi connectivity index (χ3n) is 3.53. The molecule has 4 heteroatoms. The average Bonchev–Trinajstić information content (AvgIpc) is 2.99. The summed E-state index contributed by atoms with van der Waals surface area (Å²) >= 11 is 0. The van der Waals surface area contributed by atoms with Crippen LogP contribution in [0.4, 0.5) is 5.69 Å². The number of hydrogen-bond acceptors (Lipinski definition) is 2. The Bertz CT molecular complexity index is 480. The quantitative estimate of drug-likeness (QED) is 0.853. The molecular weight excluding hydrogens is 218 g/mol. The number of hydrogen-bond donors (Lipinski definition) is 1. The second-order valence-electron chi connectivity index (χ2n) is 4.79. The van der Waals surface area contributed by atoms with Gasteiger partial charge in [-0.1, -0.05) is 12.1 Å². The average molecular weight is 231 g/mol. The van der Waals surface area contributed by atoms with Gasteiger partial charge in [-0.15, -0.1) is 0 Å². The van der Waals surface area contributed by atoms with E-state index in [2.05, 4.69) is 0 Å². The summed E-state index contributed by atoms with van der Waals surface area (Å²) in [6.45, 7) is 0.821. The summed E-state index contributed by atoms with van der Waals surface area (Å²) in [5, 5.41) is 8.67. The van der Waals surface area contributed by atoms with E-state index in [9.17, 15) is 9.59 Å². The van der Waals surface area contributed by atoms with Gasteiger partial charge in [0.2, 0.25) is 5.91 Å². The number of carbonyl (C=O) groups excluding carboxylic acids is 1. The zero-order valence-electron chi connectivity index (χ0n) is 9.30. The number of fused-ring (bicyclic) bond motifs is 1. The van der Waals surface area contributed by atoms with E-state index < -0.39 is 5.97 Å². The first kappa shape index (κ1) is 10.3. The van der Waals surface area contributed by atoms with Gasteiger partial charge < -0.3 is 10.0 Å². The van der Waals surface area contributed by atoms with Crippen molar-refractivity contribution in [3.8, 4) is 0 Å². The molecule has 1 N–H and O–H groups in total. The van der Waals surface area contributed by atoms with Gasteiger partial charge in [0.25, 0.3) is 0 Å². The van der Waals surface area contributed by atoms with Crippen molar-refractivity contribution in [3.05, 3.63) is 29.8 Å². The summed E-state index contributed by atoms with van der Waals surface area (Å²) in [6, 6.07) is 7.23. The number of benzene rings is 1. The number of carboxylic acid groups (broad SMARTS) is 1. The molecule has 4 nitrogen and oxygen atoms in total. The second kappa shape index (κ2) is 3.58. The highest BCUT2D eigenvalue weighted by Gasteiger charge is 2.52. The summed E-state index contributed by atoms with van der Waals surface area (Å²) < 4.78 is 0. The Kier molecular flexibility index (Phi) is 2.18. The summed E-state index contributed by atoms with van der Waals surface area (Å²) in [5.41, 5.74) is 1.65. The molecule has 0 spiro atoms. The number of carboxylic acids is 1. The summed E-state index contributed by atoms with van der Waals surface area (Å²) in [6.07, 6.45) is 1.08. The molecule has 0 aromatic heterocycles. The molecule has 1 aromatic rings. The van der Waals surface area contributed by atoms with Crippen LogP contribution in [0.5, 0.6) is 0 Å². The Morgan fingerprint density at radius 2 is 2.06 bits per heavy atom. The molecule has 1 heterocycles. The molecular formula is C13H13NO3. The number of aliphatic carboxylic acids is 1. The van der Waals surface area contributed by atoms with Crippen molar-refractivity contribution >= 4 is 17.6 Å². The van der Waals surface area contributed by atoms with E-state index in [1.807, 2.05) is 17.0 Å². The zero-order valence-corrected chi connectivity index (χ0v) is 9.30. The Balaban J connectivity index is 1.76. The Hall–Kier alpha value is -1.84. The first-order valence-corrected chi connectivity index (χ1v) is 5.77. The van der Waals surface area contributed by atoms with Crippen molar-refractivity contribution in [2.24, 2.45) is 11.8 Å². The van der Waals surface area contributed by atoms with Crippen LogP contribution in [0.25, 0.3) is 0 Å². The maximum absolute atomic E-state index is 11.8. The van der Waals surface area contributed by atoms with E-state index >= 15 is 0 Å². The molecule has 1 saturated heterocycles. The summed E-state index contributed by atoms with van der Waals surface area (Å²) in [4.78, 5) is 24.2. The van der Waals surface area contributed by atoms with Crippen LogP contribution in [0.2, 0.25) is 0 Å². The van der Waals surface area contributed by atoms with Gasteiger partial charge in [-0.05, 0) is 30.0 Å². The fourth-order valence-electron chi connectivity index (χ4n) is 2.48. The fraction of sp³-hybridized carbons (Fsp3) is 0.385. The molecule has 3 rings (SSSR count). The van der Waals surface area contributed by atoms with Crippen molar-refractivity contribution in [2.75, 3.05) is 11.4 Å². The van der Waals surface area contributed by atoms with Gasteiger partial charge in [0.15, 0.2) is 0 Å². The summed E-state index contributed by atoms with van der Waals surface area (Å²) in [5.74, 6) is 0.201. The van der Waals surface area contributed by atoms with Crippen LogP contribution in [-0.4, -0.2) is 23.5 Å². The van der Waals surface area contributed by atoms with Crippen molar-refractivity contribution in [1.29, 1.82) is 0 Å². The van der Waals surface area contributed by atoms with E-state index in [0.29, 0.717) is 5.92 Å². The van der Waals surface area contributed by atoms with Gasteiger partial charge in [-0.3, -0.25) is 9.59 Å². The number of anilines is 1. The minimum atomic E-state index is -0.837. The maximum atomic E-state index is 11.8. The predicted molar refractivity (Wildman–Crippen MR) is 61.7 cm³/mol. The highest BCUT2D eigenvalue weighted by molar-refractivity contribution is 5.99. The minimum absolute atomic E-state index is 0.0273. The zero-order chi connectivity index (χ0) is 12.0. The van der Waals surface area contributed by atoms with E-state index in [-0.39, 0.29) is 18.2 Å². The minimum Gasteiger partial charge on any atom is -0.481 e. The molecule has 1 saturated carbocycles. The Morgan fingerprint density at radius 1 is 1.35 bits per heavy atom. The molecule has 2 aliphatic rings. The van der Waals surface area contributed by atoms with Gasteiger partial charge in [0.1, 0.15) is 0 Å². The standard InChI is InChI=1S/C13H13NO3/c15-12(16)5-8-1-3-10(4-2-8)14-7-9-6-11(9)13(14)17/h1-4,9,11H,5-7H2,(H,15,16). The van der Waals surface area contributed by atoms with E-state index in [1.54, 1.807) is 12.1 Å². The third-order valence-corrected chi connectivity index (χ3v) is 3.53. The van der Waals surface area contributed by atoms with Crippen LogP contribution in [0.15, 0.2) is 24.3 Å². The van der Waals surface area contributed by atoms with Crippen molar-refractivity contribution in [3.63, 3.8) is 0 Å². The first-order chi connectivity index (χ1) is 8.15.